The van der Waals surface area contributed by atoms with E-state index in [-0.39, 0.29) is 12.1 Å². The van der Waals surface area contributed by atoms with Gasteiger partial charge in [-0.2, -0.15) is 0 Å². The van der Waals surface area contributed by atoms with Gasteiger partial charge in [-0.15, -0.1) is 0 Å². The molecule has 6 rings (SSSR count). The molecule has 11 nitrogen and oxygen atoms in total. The average molecular weight is 645 g/mol. The molecule has 4 aromatic rings. The van der Waals surface area contributed by atoms with Gasteiger partial charge in [0, 0.05) is 48.8 Å². The Hall–Kier alpha value is -4.45. The van der Waals surface area contributed by atoms with Crippen molar-refractivity contribution >= 4 is 38.5 Å². The first-order valence-corrected chi connectivity index (χ1v) is 17.2. The number of piperidine rings is 1. The number of aromatic nitrogens is 3. The Bertz CT molecular complexity index is 1880. The number of nitrogens with zero attached hydrogens (tertiary/aromatic N) is 5. The van der Waals surface area contributed by atoms with Gasteiger partial charge in [0.15, 0.2) is 0 Å². The third-order valence-corrected chi connectivity index (χ3v) is 10.6. The van der Waals surface area contributed by atoms with Crippen LogP contribution in [0, 0.1) is 6.92 Å². The highest BCUT2D eigenvalue weighted by atomic mass is 32.2. The molecule has 2 aliphatic heterocycles. The molecule has 0 unspecified atom stereocenters. The molecule has 0 aliphatic carbocycles. The molecule has 2 aromatic heterocycles. The van der Waals surface area contributed by atoms with Crippen molar-refractivity contribution in [2.75, 3.05) is 29.3 Å². The van der Waals surface area contributed by atoms with Crippen LogP contribution in [0.3, 0.4) is 0 Å². The van der Waals surface area contributed by atoms with Crippen LogP contribution in [0.2, 0.25) is 0 Å². The highest BCUT2D eigenvalue weighted by Gasteiger charge is 2.36. The summed E-state index contributed by atoms with van der Waals surface area (Å²) in [6.45, 7) is 10.9. The molecule has 4 heterocycles. The number of fused-ring (bicyclic) bond motifs is 1. The van der Waals surface area contributed by atoms with E-state index >= 15 is 0 Å². The lowest BCUT2D eigenvalue weighted by Crippen LogP contribution is -2.47. The zero-order chi connectivity index (χ0) is 32.6. The van der Waals surface area contributed by atoms with Crippen molar-refractivity contribution in [3.05, 3.63) is 66.5 Å². The number of nitrogens with one attached hydrogen (secondary N) is 1. The molecule has 0 radical (unpaired) electrons. The highest BCUT2D eigenvalue weighted by molar-refractivity contribution is 7.93. The van der Waals surface area contributed by atoms with Crippen molar-refractivity contribution in [3.8, 4) is 22.9 Å². The Morgan fingerprint density at radius 2 is 1.80 bits per heavy atom. The minimum atomic E-state index is -3.43. The normalized spacial score (nSPS) is 19.7. The lowest BCUT2D eigenvalue weighted by atomic mass is 10.0. The number of carbonyl (C=O) groups excluding carboxylic acids is 1. The van der Waals surface area contributed by atoms with Crippen LogP contribution in [0.5, 0.6) is 11.6 Å². The van der Waals surface area contributed by atoms with Crippen molar-refractivity contribution in [2.24, 2.45) is 0 Å². The zero-order valence-corrected chi connectivity index (χ0v) is 27.7. The van der Waals surface area contributed by atoms with Gasteiger partial charge >= 0.3 is 6.09 Å². The van der Waals surface area contributed by atoms with Crippen LogP contribution in [0.15, 0.2) is 60.9 Å². The Labute approximate surface area is 270 Å². The van der Waals surface area contributed by atoms with Crippen LogP contribution in [-0.2, 0) is 14.8 Å². The van der Waals surface area contributed by atoms with E-state index < -0.39 is 20.9 Å². The molecule has 0 spiro atoms. The van der Waals surface area contributed by atoms with Crippen LogP contribution in [0.25, 0.3) is 22.0 Å². The summed E-state index contributed by atoms with van der Waals surface area (Å²) in [5, 5.41) is 4.56. The van der Waals surface area contributed by atoms with Crippen molar-refractivity contribution < 1.29 is 22.7 Å². The van der Waals surface area contributed by atoms with E-state index in [0.29, 0.717) is 60.6 Å². The van der Waals surface area contributed by atoms with Crippen molar-refractivity contribution in [3.63, 3.8) is 0 Å². The number of benzene rings is 2. The van der Waals surface area contributed by atoms with E-state index in [1.807, 2.05) is 70.2 Å². The Morgan fingerprint density at radius 3 is 2.57 bits per heavy atom. The van der Waals surface area contributed by atoms with Gasteiger partial charge in [0.2, 0.25) is 21.9 Å². The molecule has 0 bridgehead atoms. The number of sulfonamides is 1. The summed E-state index contributed by atoms with van der Waals surface area (Å²) in [5.41, 5.74) is 2.27. The first kappa shape index (κ1) is 31.5. The van der Waals surface area contributed by atoms with Crippen molar-refractivity contribution in [1.29, 1.82) is 0 Å². The minimum absolute atomic E-state index is 0.0314. The quantitative estimate of drug-likeness (QED) is 0.249. The third-order valence-electron chi connectivity index (χ3n) is 8.32. The molecule has 0 saturated carbocycles. The standard InChI is InChI=1S/C34H40N6O5S/c1-22-13-14-25-26(10-6-12-29(25)40-20-16-23(2)46(40,42)43)30(22)44-31-27(11-7-17-35-31)28-15-18-36-32(38-28)37-24-9-8-19-39(21-24)33(41)45-34(3,4)5/h6-7,10-15,17-18,23-24H,8-9,16,19-21H2,1-5H3,(H,36,37,38)/t23-,24-/m0/s1. The second-order valence-electron chi connectivity index (χ2n) is 12.9. The summed E-state index contributed by atoms with van der Waals surface area (Å²) in [6.07, 6.45) is 5.32. The number of likely N-dealkylation sites (tertiary alicyclic amines) is 1. The number of ether oxygens (including phenoxy) is 2. The largest absolute Gasteiger partial charge is 0.444 e. The number of anilines is 2. The Morgan fingerprint density at radius 1 is 0.978 bits per heavy atom. The number of amides is 1. The van der Waals surface area contributed by atoms with Gasteiger partial charge in [0.05, 0.1) is 22.2 Å². The smallest absolute Gasteiger partial charge is 0.410 e. The Balaban J connectivity index is 1.27. The number of carbonyl (C=O) groups is 1. The lowest BCUT2D eigenvalue weighted by molar-refractivity contribution is 0.0206. The lowest BCUT2D eigenvalue weighted by Gasteiger charge is -2.34. The SMILES string of the molecule is Cc1ccc2c(N3CC[C@H](C)S3(=O)=O)cccc2c1Oc1ncccc1-c1ccnc(N[C@H]2CCCN(C(=O)OC(C)(C)C)C2)n1. The van der Waals surface area contributed by atoms with Crippen LogP contribution >= 0.6 is 0 Å². The fourth-order valence-corrected chi connectivity index (χ4v) is 7.57. The summed E-state index contributed by atoms with van der Waals surface area (Å²) in [7, 11) is -3.43. The maximum atomic E-state index is 13.1. The van der Waals surface area contributed by atoms with Gasteiger partial charge in [-0.05, 0) is 83.7 Å². The van der Waals surface area contributed by atoms with Gasteiger partial charge in [-0.25, -0.2) is 28.2 Å². The predicted molar refractivity (Wildman–Crippen MR) is 179 cm³/mol. The molecule has 2 fully saturated rings. The fraction of sp³-hybridized carbons (Fsp3) is 0.412. The molecule has 242 valence electrons. The summed E-state index contributed by atoms with van der Waals surface area (Å²) < 4.78 is 39.8. The van der Waals surface area contributed by atoms with Crippen LogP contribution in [0.4, 0.5) is 16.4 Å². The van der Waals surface area contributed by atoms with Crippen LogP contribution in [-0.4, -0.2) is 70.9 Å². The van der Waals surface area contributed by atoms with Crippen molar-refractivity contribution in [2.45, 2.75) is 70.8 Å². The first-order chi connectivity index (χ1) is 21.9. The monoisotopic (exact) mass is 644 g/mol. The third kappa shape index (κ3) is 6.44. The summed E-state index contributed by atoms with van der Waals surface area (Å²) in [4.78, 5) is 28.2. The summed E-state index contributed by atoms with van der Waals surface area (Å²) in [5.74, 6) is 1.40. The van der Waals surface area contributed by atoms with Gasteiger partial charge in [0.1, 0.15) is 11.4 Å². The van der Waals surface area contributed by atoms with E-state index in [0.717, 1.165) is 29.2 Å². The average Bonchev–Trinajstić information content (AvgIpc) is 3.29. The van der Waals surface area contributed by atoms with E-state index in [1.54, 1.807) is 30.3 Å². The second kappa shape index (κ2) is 12.4. The molecule has 2 aromatic carbocycles. The Kier molecular flexibility index (Phi) is 8.49. The fourth-order valence-electron chi connectivity index (χ4n) is 5.94. The molecular weight excluding hydrogens is 604 g/mol. The summed E-state index contributed by atoms with van der Waals surface area (Å²) in [6, 6.07) is 15.0. The molecule has 2 aliphatic rings. The van der Waals surface area contributed by atoms with Crippen LogP contribution in [0.1, 0.15) is 52.5 Å². The summed E-state index contributed by atoms with van der Waals surface area (Å²) >= 11 is 0. The van der Waals surface area contributed by atoms with E-state index in [2.05, 4.69) is 15.3 Å². The molecule has 2 atom stereocenters. The maximum Gasteiger partial charge on any atom is 0.410 e. The van der Waals surface area contributed by atoms with Gasteiger partial charge in [-0.3, -0.25) is 4.31 Å². The second-order valence-corrected chi connectivity index (χ2v) is 15.2. The van der Waals surface area contributed by atoms with Gasteiger partial charge in [-0.1, -0.05) is 24.3 Å². The number of rotatable bonds is 6. The van der Waals surface area contributed by atoms with Gasteiger partial charge < -0.3 is 19.7 Å². The molecule has 12 heteroatoms. The van der Waals surface area contributed by atoms with Crippen molar-refractivity contribution in [1.82, 2.24) is 19.9 Å². The number of hydrogen-bond donors (Lipinski definition) is 1. The van der Waals surface area contributed by atoms with Crippen LogP contribution < -0.4 is 14.4 Å². The zero-order valence-electron chi connectivity index (χ0n) is 26.9. The first-order valence-electron chi connectivity index (χ1n) is 15.7. The molecule has 46 heavy (non-hydrogen) atoms. The number of aryl methyl sites for hydroxylation is 1. The molecule has 2 saturated heterocycles. The number of pyridine rings is 1. The molecule has 1 N–H and O–H groups in total. The minimum Gasteiger partial charge on any atom is -0.444 e. The number of hydrogen-bond acceptors (Lipinski definition) is 9. The highest BCUT2D eigenvalue weighted by Crippen LogP contribution is 2.41. The van der Waals surface area contributed by atoms with E-state index in [4.69, 9.17) is 14.5 Å². The predicted octanol–water partition coefficient (Wildman–Crippen LogP) is 6.53. The topological polar surface area (TPSA) is 127 Å². The van der Waals surface area contributed by atoms with Gasteiger partial charge in [0.25, 0.3) is 0 Å². The maximum absolute atomic E-state index is 13.1. The van der Waals surface area contributed by atoms with E-state index in [1.165, 1.54) is 4.31 Å². The molecule has 1 amide bonds. The molecular formula is C34H40N6O5S. The van der Waals surface area contributed by atoms with E-state index in [9.17, 15) is 13.2 Å².